The first-order valence-corrected chi connectivity index (χ1v) is 10.4. The Morgan fingerprint density at radius 2 is 1.81 bits per heavy atom. The summed E-state index contributed by atoms with van der Waals surface area (Å²) in [5.74, 6) is 0.175. The molecule has 0 unspecified atom stereocenters. The number of aryl methyl sites for hydroxylation is 1. The van der Waals surface area contributed by atoms with E-state index >= 15 is 0 Å². The average molecular weight is 419 g/mol. The highest BCUT2D eigenvalue weighted by atomic mass is 16.6. The minimum Gasteiger partial charge on any atom is -0.459 e. The van der Waals surface area contributed by atoms with E-state index in [1.54, 1.807) is 24.3 Å². The fraction of sp³-hybridized carbons (Fsp3) is 0.292. The highest BCUT2D eigenvalue weighted by Gasteiger charge is 2.31. The molecule has 0 radical (unpaired) electrons. The minimum absolute atomic E-state index is 0.0299. The van der Waals surface area contributed by atoms with Gasteiger partial charge >= 0.3 is 0 Å². The molecule has 0 bridgehead atoms. The van der Waals surface area contributed by atoms with Gasteiger partial charge in [-0.15, -0.1) is 0 Å². The van der Waals surface area contributed by atoms with Crippen molar-refractivity contribution in [3.63, 3.8) is 0 Å². The van der Waals surface area contributed by atoms with Gasteiger partial charge in [0.1, 0.15) is 0 Å². The van der Waals surface area contributed by atoms with E-state index in [2.05, 4.69) is 4.90 Å². The molecule has 0 saturated carbocycles. The number of piperidine rings is 1. The molecule has 4 rings (SSSR count). The van der Waals surface area contributed by atoms with Crippen molar-refractivity contribution >= 4 is 17.3 Å². The summed E-state index contributed by atoms with van der Waals surface area (Å²) < 4.78 is 5.38. The molecular weight excluding hydrogens is 394 g/mol. The van der Waals surface area contributed by atoms with Gasteiger partial charge in [0.05, 0.1) is 11.2 Å². The van der Waals surface area contributed by atoms with Crippen LogP contribution in [-0.4, -0.2) is 34.9 Å². The van der Waals surface area contributed by atoms with Gasteiger partial charge < -0.3 is 9.32 Å². The molecule has 1 amide bonds. The molecule has 0 aliphatic carbocycles. The zero-order valence-corrected chi connectivity index (χ0v) is 17.4. The van der Waals surface area contributed by atoms with Crippen molar-refractivity contribution in [2.75, 3.05) is 18.0 Å². The molecule has 1 aromatic heterocycles. The number of likely N-dealkylation sites (tertiary alicyclic amines) is 1. The van der Waals surface area contributed by atoms with Gasteiger partial charge in [-0.2, -0.15) is 0 Å². The van der Waals surface area contributed by atoms with Crippen LogP contribution in [-0.2, 0) is 6.54 Å². The van der Waals surface area contributed by atoms with E-state index in [-0.39, 0.29) is 22.6 Å². The molecule has 7 heteroatoms. The molecular formula is C24H25N3O4. The van der Waals surface area contributed by atoms with Crippen LogP contribution in [0.3, 0.4) is 0 Å². The summed E-state index contributed by atoms with van der Waals surface area (Å²) in [7, 11) is 0. The van der Waals surface area contributed by atoms with Crippen LogP contribution in [0.1, 0.15) is 34.5 Å². The quantitative estimate of drug-likeness (QED) is 0.423. The second-order valence-electron chi connectivity index (χ2n) is 7.88. The lowest BCUT2D eigenvalue weighted by atomic mass is 10.0. The van der Waals surface area contributed by atoms with Gasteiger partial charge in [-0.1, -0.05) is 35.9 Å². The highest BCUT2D eigenvalue weighted by molar-refractivity contribution is 6.04. The van der Waals surface area contributed by atoms with E-state index in [0.29, 0.717) is 17.9 Å². The van der Waals surface area contributed by atoms with Gasteiger partial charge in [-0.05, 0) is 44.0 Å². The Bertz CT molecular complexity index is 1040. The Morgan fingerprint density at radius 3 is 2.45 bits per heavy atom. The van der Waals surface area contributed by atoms with E-state index in [1.807, 2.05) is 48.2 Å². The van der Waals surface area contributed by atoms with Crippen LogP contribution >= 0.6 is 0 Å². The summed E-state index contributed by atoms with van der Waals surface area (Å²) >= 11 is 0. The number of carbonyl (C=O) groups excluding carboxylic acids is 1. The average Bonchev–Trinajstić information content (AvgIpc) is 3.32. The summed E-state index contributed by atoms with van der Waals surface area (Å²) in [6.45, 7) is 4.05. The molecule has 1 aliphatic rings. The maximum atomic E-state index is 13.2. The number of benzene rings is 2. The molecule has 3 aromatic rings. The Labute approximate surface area is 181 Å². The number of carbonyl (C=O) groups is 1. The maximum absolute atomic E-state index is 13.2. The van der Waals surface area contributed by atoms with Crippen molar-refractivity contribution in [2.24, 2.45) is 0 Å². The number of nitro benzene ring substituents is 1. The molecule has 0 spiro atoms. The minimum atomic E-state index is -0.330. The molecule has 7 nitrogen and oxygen atoms in total. The van der Waals surface area contributed by atoms with Crippen molar-refractivity contribution in [2.45, 2.75) is 32.4 Å². The number of furan rings is 1. The maximum Gasteiger partial charge on any atom is 0.294 e. The standard InChI is InChI=1S/C24H25N3O4/c1-18-8-10-20(11-9-18)26(24(28)23-7-4-16-31-23)21-12-14-25(15-13-21)17-19-5-2-3-6-22(19)27(29)30/h2-11,16,21H,12-15,17H2,1H3. The number of rotatable bonds is 6. The van der Waals surface area contributed by atoms with Crippen molar-refractivity contribution < 1.29 is 14.1 Å². The van der Waals surface area contributed by atoms with Crippen LogP contribution in [0.4, 0.5) is 11.4 Å². The number of para-hydroxylation sites is 1. The van der Waals surface area contributed by atoms with Crippen molar-refractivity contribution in [3.05, 3.63) is 93.9 Å². The molecule has 1 aliphatic heterocycles. The molecule has 1 fully saturated rings. The molecule has 2 aromatic carbocycles. The van der Waals surface area contributed by atoms with Crippen molar-refractivity contribution in [1.82, 2.24) is 4.90 Å². The second-order valence-corrected chi connectivity index (χ2v) is 7.88. The van der Waals surface area contributed by atoms with Crippen LogP contribution in [0.5, 0.6) is 0 Å². The van der Waals surface area contributed by atoms with E-state index < -0.39 is 0 Å². The van der Waals surface area contributed by atoms with Gasteiger partial charge in [0.2, 0.25) is 0 Å². The normalized spacial score (nSPS) is 15.0. The lowest BCUT2D eigenvalue weighted by Gasteiger charge is -2.38. The van der Waals surface area contributed by atoms with Crippen LogP contribution in [0.15, 0.2) is 71.3 Å². The lowest BCUT2D eigenvalue weighted by molar-refractivity contribution is -0.385. The molecule has 160 valence electrons. The zero-order valence-electron chi connectivity index (χ0n) is 17.4. The third-order valence-corrected chi connectivity index (χ3v) is 5.77. The lowest BCUT2D eigenvalue weighted by Crippen LogP contribution is -2.47. The Hall–Kier alpha value is -3.45. The monoisotopic (exact) mass is 419 g/mol. The number of nitrogens with zero attached hydrogens (tertiary/aromatic N) is 3. The molecule has 1 saturated heterocycles. The van der Waals surface area contributed by atoms with Crippen LogP contribution in [0.25, 0.3) is 0 Å². The van der Waals surface area contributed by atoms with Crippen LogP contribution in [0.2, 0.25) is 0 Å². The topological polar surface area (TPSA) is 79.8 Å². The number of nitro groups is 1. The van der Waals surface area contributed by atoms with Gasteiger partial charge in [0.25, 0.3) is 11.6 Å². The summed E-state index contributed by atoms with van der Waals surface area (Å²) in [4.78, 5) is 28.2. The number of hydrogen-bond acceptors (Lipinski definition) is 5. The fourth-order valence-electron chi connectivity index (χ4n) is 4.12. The van der Waals surface area contributed by atoms with Gasteiger partial charge in [-0.3, -0.25) is 19.8 Å². The molecule has 0 atom stereocenters. The van der Waals surface area contributed by atoms with E-state index in [4.69, 9.17) is 4.42 Å². The number of hydrogen-bond donors (Lipinski definition) is 0. The first-order valence-electron chi connectivity index (χ1n) is 10.4. The Morgan fingerprint density at radius 1 is 1.10 bits per heavy atom. The van der Waals surface area contributed by atoms with Gasteiger partial charge in [0.15, 0.2) is 5.76 Å². The molecule has 0 N–H and O–H groups in total. The zero-order chi connectivity index (χ0) is 21.8. The molecule has 31 heavy (non-hydrogen) atoms. The predicted molar refractivity (Wildman–Crippen MR) is 118 cm³/mol. The van der Waals surface area contributed by atoms with Crippen LogP contribution in [0, 0.1) is 17.0 Å². The van der Waals surface area contributed by atoms with Crippen LogP contribution < -0.4 is 4.90 Å². The molecule has 2 heterocycles. The first-order chi connectivity index (χ1) is 15.0. The second kappa shape index (κ2) is 9.14. The predicted octanol–water partition coefficient (Wildman–Crippen LogP) is 4.81. The van der Waals surface area contributed by atoms with Gasteiger partial charge in [0, 0.05) is 43.0 Å². The first kappa shape index (κ1) is 20.8. The van der Waals surface area contributed by atoms with E-state index in [0.717, 1.165) is 37.2 Å². The number of anilines is 1. The van der Waals surface area contributed by atoms with Crippen molar-refractivity contribution in [3.8, 4) is 0 Å². The fourth-order valence-corrected chi connectivity index (χ4v) is 4.12. The summed E-state index contributed by atoms with van der Waals surface area (Å²) in [6.07, 6.45) is 3.07. The Kier molecular flexibility index (Phi) is 6.13. The third kappa shape index (κ3) is 4.67. The van der Waals surface area contributed by atoms with E-state index in [1.165, 1.54) is 6.26 Å². The SMILES string of the molecule is Cc1ccc(N(C(=O)c2ccco2)C2CCN(Cc3ccccc3[N+](=O)[O-])CC2)cc1. The summed E-state index contributed by atoms with van der Waals surface area (Å²) in [6, 6.07) is 18.2. The highest BCUT2D eigenvalue weighted by Crippen LogP contribution is 2.28. The largest absolute Gasteiger partial charge is 0.459 e. The smallest absolute Gasteiger partial charge is 0.294 e. The van der Waals surface area contributed by atoms with Gasteiger partial charge in [-0.25, -0.2) is 0 Å². The van der Waals surface area contributed by atoms with E-state index in [9.17, 15) is 14.9 Å². The Balaban J connectivity index is 1.50. The third-order valence-electron chi connectivity index (χ3n) is 5.77. The van der Waals surface area contributed by atoms with Crippen molar-refractivity contribution in [1.29, 1.82) is 0 Å². The summed E-state index contributed by atoms with van der Waals surface area (Å²) in [5, 5.41) is 11.3. The summed E-state index contributed by atoms with van der Waals surface area (Å²) in [5.41, 5.74) is 2.85. The number of amides is 1.